The van der Waals surface area contributed by atoms with Gasteiger partial charge in [-0.05, 0) is 65.2 Å². The normalized spacial score (nSPS) is 16.4. The highest BCUT2D eigenvalue weighted by Crippen LogP contribution is 2.41. The number of fused-ring (bicyclic) bond motifs is 1. The van der Waals surface area contributed by atoms with Gasteiger partial charge in [0.15, 0.2) is 5.65 Å². The van der Waals surface area contributed by atoms with Crippen molar-refractivity contribution in [3.8, 4) is 5.75 Å². The number of anilines is 2. The van der Waals surface area contributed by atoms with E-state index in [4.69, 9.17) is 14.8 Å². The smallest absolute Gasteiger partial charge is 0.256 e. The van der Waals surface area contributed by atoms with Gasteiger partial charge in [-0.25, -0.2) is 9.67 Å². The molecule has 178 valence electrons. The molecule has 2 aliphatic rings. The number of nitrogens with one attached hydrogen (secondary N) is 1. The molecule has 2 aromatic heterocycles. The predicted octanol–water partition coefficient (Wildman–Crippen LogP) is 4.76. The molecule has 2 fully saturated rings. The van der Waals surface area contributed by atoms with Crippen LogP contribution in [-0.2, 0) is 10.3 Å². The number of rotatable bonds is 5. The maximum atomic E-state index is 13.5. The Bertz CT molecular complexity index is 1300. The lowest BCUT2D eigenvalue weighted by molar-refractivity contribution is -0.117. The average Bonchev–Trinajstić information content (AvgIpc) is 3.47. The van der Waals surface area contributed by atoms with Gasteiger partial charge >= 0.3 is 0 Å². The van der Waals surface area contributed by atoms with Gasteiger partial charge in [-0.15, -0.1) is 0 Å². The maximum Gasteiger partial charge on any atom is 0.256 e. The second kappa shape index (κ2) is 8.11. The Morgan fingerprint density at radius 2 is 1.97 bits per heavy atom. The second-order valence-electron chi connectivity index (χ2n) is 10.2. The highest BCUT2D eigenvalue weighted by molar-refractivity contribution is 6.13. The topological polar surface area (TPSA) is 89.3 Å². The Labute approximate surface area is 199 Å². The molecule has 0 unspecified atom stereocenters. The largest absolute Gasteiger partial charge is 0.494 e. The Hall–Kier alpha value is -3.42. The van der Waals surface area contributed by atoms with Crippen LogP contribution in [0.3, 0.4) is 0 Å². The van der Waals surface area contributed by atoms with Crippen LogP contribution >= 0.6 is 0 Å². The Morgan fingerprint density at radius 1 is 1.21 bits per heavy atom. The predicted molar refractivity (Wildman–Crippen MR) is 132 cm³/mol. The number of aryl methyl sites for hydroxylation is 1. The minimum absolute atomic E-state index is 0.0909. The molecule has 0 spiro atoms. The molecule has 1 aliphatic heterocycles. The summed E-state index contributed by atoms with van der Waals surface area (Å²) in [4.78, 5) is 32.4. The van der Waals surface area contributed by atoms with Gasteiger partial charge in [0.25, 0.3) is 5.91 Å². The Balaban J connectivity index is 1.53. The van der Waals surface area contributed by atoms with Crippen LogP contribution in [0.15, 0.2) is 24.3 Å². The lowest BCUT2D eigenvalue weighted by Gasteiger charge is -2.20. The molecule has 2 amide bonds. The van der Waals surface area contributed by atoms with E-state index in [-0.39, 0.29) is 17.4 Å². The molecule has 8 nitrogen and oxygen atoms in total. The van der Waals surface area contributed by atoms with Crippen molar-refractivity contribution in [2.45, 2.75) is 64.8 Å². The number of hydrogen-bond acceptors (Lipinski definition) is 5. The minimum atomic E-state index is -0.258. The molecule has 1 aliphatic carbocycles. The van der Waals surface area contributed by atoms with E-state index < -0.39 is 0 Å². The van der Waals surface area contributed by atoms with Crippen molar-refractivity contribution >= 4 is 34.2 Å². The number of benzene rings is 1. The van der Waals surface area contributed by atoms with Gasteiger partial charge in [0.2, 0.25) is 5.91 Å². The van der Waals surface area contributed by atoms with Gasteiger partial charge in [-0.2, -0.15) is 5.10 Å². The zero-order valence-electron chi connectivity index (χ0n) is 20.4. The van der Waals surface area contributed by atoms with Gasteiger partial charge in [-0.1, -0.05) is 0 Å². The van der Waals surface area contributed by atoms with Crippen LogP contribution in [0.5, 0.6) is 5.75 Å². The zero-order chi connectivity index (χ0) is 24.2. The molecule has 0 bridgehead atoms. The summed E-state index contributed by atoms with van der Waals surface area (Å²) in [5, 5.41) is 8.55. The molecule has 34 heavy (non-hydrogen) atoms. The Kier molecular flexibility index (Phi) is 5.34. The maximum absolute atomic E-state index is 13.5. The third-order valence-electron chi connectivity index (χ3n) is 6.51. The first kappa shape index (κ1) is 22.4. The third kappa shape index (κ3) is 3.91. The number of carbonyl (C=O) groups is 2. The lowest BCUT2D eigenvalue weighted by Crippen LogP contribution is -2.24. The van der Waals surface area contributed by atoms with Crippen molar-refractivity contribution in [1.82, 2.24) is 14.8 Å². The van der Waals surface area contributed by atoms with Gasteiger partial charge in [-0.3, -0.25) is 9.59 Å². The number of hydrogen-bond donors (Lipinski definition) is 1. The molecule has 3 aromatic rings. The molecular formula is C26H31N5O3. The summed E-state index contributed by atoms with van der Waals surface area (Å²) in [5.74, 6) is 0.839. The molecule has 5 rings (SSSR count). The molecule has 1 N–H and O–H groups in total. The first-order valence-corrected chi connectivity index (χ1v) is 11.9. The van der Waals surface area contributed by atoms with E-state index in [1.807, 2.05) is 29.8 Å². The fourth-order valence-electron chi connectivity index (χ4n) is 4.62. The fraction of sp³-hybridized carbons (Fsp3) is 0.462. The van der Waals surface area contributed by atoms with Crippen LogP contribution in [0.2, 0.25) is 0 Å². The first-order chi connectivity index (χ1) is 16.2. The number of methoxy groups -OCH3 is 1. The fourth-order valence-corrected chi connectivity index (χ4v) is 4.62. The second-order valence-corrected chi connectivity index (χ2v) is 10.2. The van der Waals surface area contributed by atoms with Gasteiger partial charge in [0.05, 0.1) is 35.0 Å². The molecule has 0 atom stereocenters. The number of aromatic nitrogens is 3. The molecule has 3 heterocycles. The summed E-state index contributed by atoms with van der Waals surface area (Å²) >= 11 is 0. The SMILES string of the molecule is COc1cc(NC(=O)c2cc(C3CC3)nc3c2c(C)nn3C(C)(C)C)ccc1N1CCCC1=O. The van der Waals surface area contributed by atoms with Crippen LogP contribution < -0.4 is 15.0 Å². The van der Waals surface area contributed by atoms with Crippen molar-refractivity contribution < 1.29 is 14.3 Å². The highest BCUT2D eigenvalue weighted by Gasteiger charge is 2.31. The summed E-state index contributed by atoms with van der Waals surface area (Å²) in [5.41, 5.74) is 4.14. The number of pyridine rings is 1. The van der Waals surface area contributed by atoms with E-state index in [2.05, 4.69) is 26.1 Å². The number of carbonyl (C=O) groups excluding carboxylic acids is 2. The Morgan fingerprint density at radius 3 is 2.59 bits per heavy atom. The van der Waals surface area contributed by atoms with E-state index in [1.54, 1.807) is 18.1 Å². The number of ether oxygens (including phenoxy) is 1. The summed E-state index contributed by atoms with van der Waals surface area (Å²) in [6.07, 6.45) is 3.57. The average molecular weight is 462 g/mol. The van der Waals surface area contributed by atoms with Crippen LogP contribution in [-0.4, -0.2) is 40.2 Å². The summed E-state index contributed by atoms with van der Waals surface area (Å²) in [7, 11) is 1.57. The van der Waals surface area contributed by atoms with Crippen molar-refractivity contribution in [3.63, 3.8) is 0 Å². The lowest BCUT2D eigenvalue weighted by atomic mass is 10.1. The van der Waals surface area contributed by atoms with Gasteiger partial charge < -0.3 is 15.0 Å². The molecule has 1 aromatic carbocycles. The van der Waals surface area contributed by atoms with Crippen molar-refractivity contribution in [3.05, 3.63) is 41.2 Å². The van der Waals surface area contributed by atoms with Crippen LogP contribution in [0, 0.1) is 6.92 Å². The monoisotopic (exact) mass is 461 g/mol. The van der Waals surface area contributed by atoms with Crippen molar-refractivity contribution in [2.24, 2.45) is 0 Å². The summed E-state index contributed by atoms with van der Waals surface area (Å²) in [6, 6.07) is 7.33. The standard InChI is InChI=1S/C26H31N5O3/c1-15-23-18(14-19(16-8-9-16)28-24(23)31(29-15)26(2,3)4)25(33)27-17-10-11-20(21(13-17)34-5)30-12-6-7-22(30)32/h10-11,13-14,16H,6-9,12H2,1-5H3,(H,27,33). The first-order valence-electron chi connectivity index (χ1n) is 11.9. The van der Waals surface area contributed by atoms with E-state index in [1.165, 1.54) is 0 Å². The molecule has 8 heteroatoms. The third-order valence-corrected chi connectivity index (χ3v) is 6.51. The molecule has 1 saturated heterocycles. The zero-order valence-corrected chi connectivity index (χ0v) is 20.4. The van der Waals surface area contributed by atoms with Crippen LogP contribution in [0.25, 0.3) is 11.0 Å². The van der Waals surface area contributed by atoms with E-state index >= 15 is 0 Å². The quantitative estimate of drug-likeness (QED) is 0.592. The van der Waals surface area contributed by atoms with Crippen LogP contribution in [0.1, 0.15) is 74.1 Å². The highest BCUT2D eigenvalue weighted by atomic mass is 16.5. The van der Waals surface area contributed by atoms with Gasteiger partial charge in [0.1, 0.15) is 5.75 Å². The van der Waals surface area contributed by atoms with Gasteiger partial charge in [0, 0.05) is 36.3 Å². The van der Waals surface area contributed by atoms with Crippen molar-refractivity contribution in [2.75, 3.05) is 23.9 Å². The van der Waals surface area contributed by atoms with E-state index in [0.29, 0.717) is 35.9 Å². The van der Waals surface area contributed by atoms with E-state index in [9.17, 15) is 9.59 Å². The number of nitrogens with zero attached hydrogens (tertiary/aromatic N) is 4. The number of amides is 2. The summed E-state index contributed by atoms with van der Waals surface area (Å²) < 4.78 is 7.48. The molecular weight excluding hydrogens is 430 g/mol. The van der Waals surface area contributed by atoms with E-state index in [0.717, 1.165) is 47.4 Å². The minimum Gasteiger partial charge on any atom is -0.494 e. The molecule has 0 radical (unpaired) electrons. The summed E-state index contributed by atoms with van der Waals surface area (Å²) in [6.45, 7) is 8.86. The van der Waals surface area contributed by atoms with Crippen LogP contribution in [0.4, 0.5) is 11.4 Å². The van der Waals surface area contributed by atoms with Crippen molar-refractivity contribution in [1.29, 1.82) is 0 Å². The molecule has 1 saturated carbocycles.